The van der Waals surface area contributed by atoms with Crippen LogP contribution in [0, 0.1) is 0 Å². The molecule has 0 heterocycles. The van der Waals surface area contributed by atoms with Crippen molar-refractivity contribution in [3.05, 3.63) is 85.8 Å². The van der Waals surface area contributed by atoms with Gasteiger partial charge in [-0.25, -0.2) is 5.43 Å². The summed E-state index contributed by atoms with van der Waals surface area (Å²) in [5.41, 5.74) is 3.81. The first kappa shape index (κ1) is 25.6. The lowest BCUT2D eigenvalue weighted by atomic mass is 10.2. The minimum Gasteiger partial charge on any atom is -0.493 e. The molecule has 0 atom stereocenters. The molecule has 0 unspecified atom stereocenters. The first-order valence-corrected chi connectivity index (χ1v) is 11.1. The van der Waals surface area contributed by atoms with Crippen LogP contribution in [0.3, 0.4) is 0 Å². The highest BCUT2D eigenvalue weighted by Crippen LogP contribution is 2.36. The van der Waals surface area contributed by atoms with Crippen LogP contribution >= 0.6 is 46.4 Å². The van der Waals surface area contributed by atoms with Crippen molar-refractivity contribution in [2.24, 2.45) is 5.10 Å². The van der Waals surface area contributed by atoms with Gasteiger partial charge in [0.15, 0.2) is 18.1 Å². The van der Waals surface area contributed by atoms with Crippen LogP contribution < -0.4 is 20.2 Å². The van der Waals surface area contributed by atoms with E-state index in [1.54, 1.807) is 48.5 Å². The Morgan fingerprint density at radius 3 is 2.35 bits per heavy atom. The number of hydrogen-bond donors (Lipinski definition) is 2. The van der Waals surface area contributed by atoms with E-state index in [2.05, 4.69) is 15.8 Å². The predicted molar refractivity (Wildman–Crippen MR) is 135 cm³/mol. The lowest BCUT2D eigenvalue weighted by Crippen LogP contribution is -2.20. The summed E-state index contributed by atoms with van der Waals surface area (Å²) >= 11 is 24.0. The normalized spacial score (nSPS) is 10.7. The van der Waals surface area contributed by atoms with E-state index in [9.17, 15) is 9.59 Å². The number of carbonyl (C=O) groups excluding carboxylic acids is 2. The number of amides is 2. The molecule has 0 radical (unpaired) electrons. The number of rotatable bonds is 8. The molecule has 34 heavy (non-hydrogen) atoms. The number of ether oxygens (including phenoxy) is 2. The molecule has 2 N–H and O–H groups in total. The molecule has 0 fully saturated rings. The lowest BCUT2D eigenvalue weighted by Gasteiger charge is -2.13. The fraction of sp³-hybridized carbons (Fsp3) is 0.0870. The van der Waals surface area contributed by atoms with Crippen molar-refractivity contribution in [2.45, 2.75) is 0 Å². The SMILES string of the molecule is COc1cc(/C=N/NC(=O)c2ccc(Cl)cc2)cc(Cl)c1OCC(=O)Nc1ccc(Cl)c(Cl)c1. The standard InChI is InChI=1S/C23H17Cl4N3O4/c1-33-20-9-13(11-28-30-23(32)14-2-4-15(24)5-3-14)8-19(27)22(20)34-12-21(31)29-16-6-7-17(25)18(26)10-16/h2-11H,12H2,1H3,(H,29,31)(H,30,32)/b28-11+. The Morgan fingerprint density at radius 2 is 1.68 bits per heavy atom. The fourth-order valence-electron chi connectivity index (χ4n) is 2.69. The van der Waals surface area contributed by atoms with Crippen LogP contribution in [0.25, 0.3) is 0 Å². The topological polar surface area (TPSA) is 89.0 Å². The number of methoxy groups -OCH3 is 1. The predicted octanol–water partition coefficient (Wildman–Crippen LogP) is 6.09. The Balaban J connectivity index is 1.62. The van der Waals surface area contributed by atoms with Crippen LogP contribution in [0.5, 0.6) is 11.5 Å². The molecule has 7 nitrogen and oxygen atoms in total. The molecule has 0 saturated carbocycles. The second-order valence-electron chi connectivity index (χ2n) is 6.71. The quantitative estimate of drug-likeness (QED) is 0.267. The van der Waals surface area contributed by atoms with E-state index in [1.165, 1.54) is 19.4 Å². The molecule has 3 rings (SSSR count). The Kier molecular flexibility index (Phi) is 9.01. The maximum absolute atomic E-state index is 12.2. The van der Waals surface area contributed by atoms with Gasteiger partial charge in [0.1, 0.15) is 0 Å². The number of carbonyl (C=O) groups is 2. The Labute approximate surface area is 215 Å². The second-order valence-corrected chi connectivity index (χ2v) is 8.36. The summed E-state index contributed by atoms with van der Waals surface area (Å²) in [7, 11) is 1.43. The maximum atomic E-state index is 12.2. The van der Waals surface area contributed by atoms with Crippen molar-refractivity contribution >= 4 is 70.1 Å². The van der Waals surface area contributed by atoms with Crippen molar-refractivity contribution in [1.82, 2.24) is 5.43 Å². The van der Waals surface area contributed by atoms with Gasteiger partial charge in [0, 0.05) is 16.3 Å². The smallest absolute Gasteiger partial charge is 0.271 e. The number of nitrogens with zero attached hydrogens (tertiary/aromatic N) is 1. The van der Waals surface area contributed by atoms with Gasteiger partial charge in [-0.2, -0.15) is 5.10 Å². The summed E-state index contributed by atoms with van der Waals surface area (Å²) in [4.78, 5) is 24.4. The molecule has 0 aliphatic heterocycles. The Morgan fingerprint density at radius 1 is 0.941 bits per heavy atom. The molecule has 2 amide bonds. The van der Waals surface area contributed by atoms with Crippen molar-refractivity contribution in [3.8, 4) is 11.5 Å². The largest absolute Gasteiger partial charge is 0.493 e. The van der Waals surface area contributed by atoms with Crippen molar-refractivity contribution < 1.29 is 19.1 Å². The number of nitrogens with one attached hydrogen (secondary N) is 2. The molecule has 176 valence electrons. The van der Waals surface area contributed by atoms with Gasteiger partial charge < -0.3 is 14.8 Å². The highest BCUT2D eigenvalue weighted by molar-refractivity contribution is 6.42. The lowest BCUT2D eigenvalue weighted by molar-refractivity contribution is -0.118. The number of hydrazone groups is 1. The third kappa shape index (κ3) is 7.01. The molecule has 0 saturated heterocycles. The molecular weight excluding hydrogens is 524 g/mol. The summed E-state index contributed by atoms with van der Waals surface area (Å²) in [6.45, 7) is -0.332. The van der Waals surface area contributed by atoms with Crippen molar-refractivity contribution in [1.29, 1.82) is 0 Å². The molecule has 0 aliphatic rings. The number of hydrogen-bond acceptors (Lipinski definition) is 5. The minimum absolute atomic E-state index is 0.177. The molecule has 0 aromatic heterocycles. The summed E-state index contributed by atoms with van der Waals surface area (Å²) in [6, 6.07) is 14.2. The molecule has 0 aliphatic carbocycles. The zero-order chi connectivity index (χ0) is 24.7. The molecule has 3 aromatic rings. The third-order valence-corrected chi connectivity index (χ3v) is 5.56. The second kappa shape index (κ2) is 11.9. The third-order valence-electron chi connectivity index (χ3n) is 4.29. The number of benzene rings is 3. The first-order valence-electron chi connectivity index (χ1n) is 9.61. The highest BCUT2D eigenvalue weighted by atomic mass is 35.5. The van der Waals surface area contributed by atoms with E-state index in [0.29, 0.717) is 31.9 Å². The first-order chi connectivity index (χ1) is 16.3. The van der Waals surface area contributed by atoms with Crippen LogP contribution in [0.15, 0.2) is 59.7 Å². The van der Waals surface area contributed by atoms with Gasteiger partial charge in [0.05, 0.1) is 28.4 Å². The van der Waals surface area contributed by atoms with Crippen LogP contribution in [0.1, 0.15) is 15.9 Å². The van der Waals surface area contributed by atoms with Gasteiger partial charge in [-0.1, -0.05) is 46.4 Å². The van der Waals surface area contributed by atoms with Gasteiger partial charge in [-0.15, -0.1) is 0 Å². The summed E-state index contributed by atoms with van der Waals surface area (Å²) in [5.74, 6) is -0.387. The number of halogens is 4. The molecule has 0 spiro atoms. The zero-order valence-electron chi connectivity index (χ0n) is 17.6. The van der Waals surface area contributed by atoms with E-state index >= 15 is 0 Å². The van der Waals surface area contributed by atoms with Crippen LogP contribution in [0.2, 0.25) is 20.1 Å². The van der Waals surface area contributed by atoms with Gasteiger partial charge in [-0.3, -0.25) is 9.59 Å². The average Bonchev–Trinajstić information content (AvgIpc) is 2.80. The molecular formula is C23H17Cl4N3O4. The summed E-state index contributed by atoms with van der Waals surface area (Å²) in [5, 5.41) is 7.97. The van der Waals surface area contributed by atoms with Crippen LogP contribution in [0.4, 0.5) is 5.69 Å². The van der Waals surface area contributed by atoms with Gasteiger partial charge in [0.25, 0.3) is 11.8 Å². The van der Waals surface area contributed by atoms with E-state index in [4.69, 9.17) is 55.9 Å². The monoisotopic (exact) mass is 539 g/mol. The average molecular weight is 541 g/mol. The van der Waals surface area contributed by atoms with Crippen LogP contribution in [-0.2, 0) is 4.79 Å². The van der Waals surface area contributed by atoms with E-state index in [-0.39, 0.29) is 23.1 Å². The molecule has 3 aromatic carbocycles. The van der Waals surface area contributed by atoms with Gasteiger partial charge in [-0.05, 0) is 60.2 Å². The zero-order valence-corrected chi connectivity index (χ0v) is 20.6. The minimum atomic E-state index is -0.438. The molecule has 11 heteroatoms. The van der Waals surface area contributed by atoms with Gasteiger partial charge >= 0.3 is 0 Å². The summed E-state index contributed by atoms with van der Waals surface area (Å²) in [6.07, 6.45) is 1.39. The molecule has 0 bridgehead atoms. The Hall–Kier alpha value is -2.97. The van der Waals surface area contributed by atoms with E-state index in [1.807, 2.05) is 0 Å². The number of anilines is 1. The van der Waals surface area contributed by atoms with Crippen molar-refractivity contribution in [2.75, 3.05) is 19.0 Å². The van der Waals surface area contributed by atoms with E-state index in [0.717, 1.165) is 0 Å². The van der Waals surface area contributed by atoms with Crippen molar-refractivity contribution in [3.63, 3.8) is 0 Å². The summed E-state index contributed by atoms with van der Waals surface area (Å²) < 4.78 is 10.9. The Bertz CT molecular complexity index is 1230. The maximum Gasteiger partial charge on any atom is 0.271 e. The van der Waals surface area contributed by atoms with Crippen LogP contribution in [-0.4, -0.2) is 31.7 Å². The fourth-order valence-corrected chi connectivity index (χ4v) is 3.39. The van der Waals surface area contributed by atoms with Gasteiger partial charge in [0.2, 0.25) is 0 Å². The van der Waals surface area contributed by atoms with E-state index < -0.39 is 11.8 Å². The highest BCUT2D eigenvalue weighted by Gasteiger charge is 2.14.